The van der Waals surface area contributed by atoms with Crippen molar-refractivity contribution in [3.8, 4) is 0 Å². The Bertz CT molecular complexity index is 685. The number of carbonyl (C=O) groups excluding carboxylic acids is 1. The van der Waals surface area contributed by atoms with E-state index in [4.69, 9.17) is 0 Å². The fourth-order valence-electron chi connectivity index (χ4n) is 1.86. The van der Waals surface area contributed by atoms with Gasteiger partial charge in [0.25, 0.3) is 5.69 Å². The molecule has 0 amide bonds. The molecule has 0 aliphatic rings. The molecule has 0 spiro atoms. The standard InChI is InChI=1S/C15H13NO4S/c17-14(12-6-2-1-3-7-12)10-11-21(20)15-9-5-4-8-13(15)16(18)19/h1-9H,10-11H2. The summed E-state index contributed by atoms with van der Waals surface area (Å²) in [5.41, 5.74) is 0.375. The zero-order valence-corrected chi connectivity index (χ0v) is 11.9. The Hall–Kier alpha value is -2.34. The van der Waals surface area contributed by atoms with Gasteiger partial charge in [0.15, 0.2) is 5.78 Å². The van der Waals surface area contributed by atoms with Crippen LogP contribution in [0.4, 0.5) is 5.69 Å². The van der Waals surface area contributed by atoms with Gasteiger partial charge in [0.1, 0.15) is 4.90 Å². The summed E-state index contributed by atoms with van der Waals surface area (Å²) >= 11 is 0. The number of rotatable bonds is 6. The van der Waals surface area contributed by atoms with E-state index >= 15 is 0 Å². The highest BCUT2D eigenvalue weighted by Crippen LogP contribution is 2.22. The van der Waals surface area contributed by atoms with Crippen molar-refractivity contribution in [2.45, 2.75) is 11.3 Å². The molecule has 6 heteroatoms. The predicted octanol–water partition coefficient (Wildman–Crippen LogP) is 2.98. The molecule has 0 saturated carbocycles. The molecule has 1 atom stereocenters. The quantitative estimate of drug-likeness (QED) is 0.467. The number of nitrogens with zero attached hydrogens (tertiary/aromatic N) is 1. The van der Waals surface area contributed by atoms with Gasteiger partial charge in [-0.3, -0.25) is 19.1 Å². The lowest BCUT2D eigenvalue weighted by molar-refractivity contribution is -0.387. The van der Waals surface area contributed by atoms with Crippen LogP contribution in [-0.4, -0.2) is 20.7 Å². The maximum absolute atomic E-state index is 12.2. The summed E-state index contributed by atoms with van der Waals surface area (Å²) in [6.07, 6.45) is 0.0860. The predicted molar refractivity (Wildman–Crippen MR) is 79.8 cm³/mol. The van der Waals surface area contributed by atoms with Crippen LogP contribution in [0.2, 0.25) is 0 Å². The minimum absolute atomic E-state index is 0.0680. The Kier molecular flexibility index (Phi) is 4.94. The van der Waals surface area contributed by atoms with Gasteiger partial charge in [0, 0.05) is 23.8 Å². The molecule has 0 N–H and O–H groups in total. The number of nitro benzene ring substituents is 1. The zero-order chi connectivity index (χ0) is 15.2. The molecule has 0 bridgehead atoms. The lowest BCUT2D eigenvalue weighted by Gasteiger charge is -2.03. The number of benzene rings is 2. The molecular formula is C15H13NO4S. The van der Waals surface area contributed by atoms with E-state index in [-0.39, 0.29) is 28.5 Å². The van der Waals surface area contributed by atoms with E-state index in [2.05, 4.69) is 0 Å². The number of ketones is 1. The maximum atomic E-state index is 12.2. The third-order valence-electron chi connectivity index (χ3n) is 2.92. The van der Waals surface area contributed by atoms with Gasteiger partial charge in [-0.2, -0.15) is 0 Å². The van der Waals surface area contributed by atoms with Crippen molar-refractivity contribution in [1.29, 1.82) is 0 Å². The Morgan fingerprint density at radius 2 is 1.67 bits per heavy atom. The summed E-state index contributed by atoms with van der Waals surface area (Å²) < 4.78 is 12.2. The van der Waals surface area contributed by atoms with Crippen LogP contribution < -0.4 is 0 Å². The molecule has 0 fully saturated rings. The van der Waals surface area contributed by atoms with Gasteiger partial charge in [0.05, 0.1) is 15.7 Å². The first kappa shape index (κ1) is 15.1. The first-order chi connectivity index (χ1) is 10.1. The lowest BCUT2D eigenvalue weighted by Crippen LogP contribution is -2.08. The van der Waals surface area contributed by atoms with Crippen LogP contribution in [-0.2, 0) is 10.8 Å². The smallest absolute Gasteiger partial charge is 0.285 e. The monoisotopic (exact) mass is 303 g/mol. The molecule has 21 heavy (non-hydrogen) atoms. The molecule has 1 unspecified atom stereocenters. The first-order valence-electron chi connectivity index (χ1n) is 6.29. The minimum Gasteiger partial charge on any atom is -0.294 e. The summed E-state index contributed by atoms with van der Waals surface area (Å²) in [5, 5.41) is 10.9. The van der Waals surface area contributed by atoms with Crippen molar-refractivity contribution in [2.75, 3.05) is 5.75 Å². The van der Waals surface area contributed by atoms with Gasteiger partial charge in [-0.25, -0.2) is 0 Å². The SMILES string of the molecule is O=C(CCS(=O)c1ccccc1[N+](=O)[O-])c1ccccc1. The second kappa shape index (κ2) is 6.90. The lowest BCUT2D eigenvalue weighted by atomic mass is 10.1. The van der Waals surface area contributed by atoms with Crippen molar-refractivity contribution in [1.82, 2.24) is 0 Å². The molecule has 0 heterocycles. The molecule has 2 aromatic rings. The van der Waals surface area contributed by atoms with E-state index in [1.807, 2.05) is 6.07 Å². The van der Waals surface area contributed by atoms with Crippen LogP contribution in [0.25, 0.3) is 0 Å². The Morgan fingerprint density at radius 3 is 2.33 bits per heavy atom. The van der Waals surface area contributed by atoms with Crippen molar-refractivity contribution >= 4 is 22.3 Å². The van der Waals surface area contributed by atoms with Crippen molar-refractivity contribution in [3.05, 3.63) is 70.3 Å². The van der Waals surface area contributed by atoms with Crippen LogP contribution in [0.15, 0.2) is 59.5 Å². The van der Waals surface area contributed by atoms with Gasteiger partial charge in [-0.05, 0) is 6.07 Å². The second-order valence-electron chi connectivity index (χ2n) is 4.31. The largest absolute Gasteiger partial charge is 0.294 e. The van der Waals surface area contributed by atoms with Gasteiger partial charge < -0.3 is 0 Å². The number of hydrogen-bond acceptors (Lipinski definition) is 4. The van der Waals surface area contributed by atoms with Crippen molar-refractivity contribution < 1.29 is 13.9 Å². The number of para-hydroxylation sites is 1. The molecule has 5 nitrogen and oxygen atoms in total. The molecular weight excluding hydrogens is 290 g/mol. The normalized spacial score (nSPS) is 11.8. The third kappa shape index (κ3) is 3.82. The van der Waals surface area contributed by atoms with E-state index in [1.165, 1.54) is 18.2 Å². The molecule has 0 aliphatic carbocycles. The average molecular weight is 303 g/mol. The van der Waals surface area contributed by atoms with E-state index in [0.29, 0.717) is 5.56 Å². The van der Waals surface area contributed by atoms with Crippen LogP contribution in [0.3, 0.4) is 0 Å². The van der Waals surface area contributed by atoms with E-state index in [0.717, 1.165) is 0 Å². The fourth-order valence-corrected chi connectivity index (χ4v) is 3.06. The second-order valence-corrected chi connectivity index (χ2v) is 5.85. The summed E-state index contributed by atoms with van der Waals surface area (Å²) in [6, 6.07) is 14.6. The molecule has 0 saturated heterocycles. The van der Waals surface area contributed by atoms with Gasteiger partial charge in [-0.1, -0.05) is 42.5 Å². The van der Waals surface area contributed by atoms with Crippen LogP contribution in [0, 0.1) is 10.1 Å². The molecule has 0 aromatic heterocycles. The molecule has 108 valence electrons. The summed E-state index contributed by atoms with van der Waals surface area (Å²) in [5.74, 6) is -0.0546. The van der Waals surface area contributed by atoms with Gasteiger partial charge >= 0.3 is 0 Å². The summed E-state index contributed by atoms with van der Waals surface area (Å²) in [4.78, 5) is 22.4. The highest BCUT2D eigenvalue weighted by atomic mass is 32.2. The fraction of sp³-hybridized carbons (Fsp3) is 0.133. The average Bonchev–Trinajstić information content (AvgIpc) is 2.53. The van der Waals surface area contributed by atoms with Crippen LogP contribution in [0.1, 0.15) is 16.8 Å². The highest BCUT2D eigenvalue weighted by molar-refractivity contribution is 7.85. The maximum Gasteiger partial charge on any atom is 0.285 e. The highest BCUT2D eigenvalue weighted by Gasteiger charge is 2.18. The molecule has 0 aliphatic heterocycles. The van der Waals surface area contributed by atoms with E-state index in [9.17, 15) is 19.1 Å². The zero-order valence-electron chi connectivity index (χ0n) is 11.1. The van der Waals surface area contributed by atoms with Crippen molar-refractivity contribution in [2.24, 2.45) is 0 Å². The number of hydrogen-bond donors (Lipinski definition) is 0. The van der Waals surface area contributed by atoms with E-state index in [1.54, 1.807) is 30.3 Å². The Morgan fingerprint density at radius 1 is 1.05 bits per heavy atom. The van der Waals surface area contributed by atoms with Crippen LogP contribution in [0.5, 0.6) is 0 Å². The van der Waals surface area contributed by atoms with Gasteiger partial charge in [0.2, 0.25) is 0 Å². The van der Waals surface area contributed by atoms with Crippen LogP contribution >= 0.6 is 0 Å². The Labute approximate surface area is 124 Å². The summed E-state index contributed by atoms with van der Waals surface area (Å²) in [6.45, 7) is 0. The topological polar surface area (TPSA) is 77.3 Å². The minimum atomic E-state index is -1.57. The number of Topliss-reactive ketones (excluding diaryl/α,β-unsaturated/α-hetero) is 1. The Balaban J connectivity index is 2.06. The van der Waals surface area contributed by atoms with Gasteiger partial charge in [-0.15, -0.1) is 0 Å². The number of nitro groups is 1. The van der Waals surface area contributed by atoms with E-state index < -0.39 is 15.7 Å². The molecule has 2 rings (SSSR count). The summed E-state index contributed by atoms with van der Waals surface area (Å²) in [7, 11) is -1.57. The third-order valence-corrected chi connectivity index (χ3v) is 4.33. The first-order valence-corrected chi connectivity index (χ1v) is 7.61. The number of carbonyl (C=O) groups is 1. The molecule has 2 aromatic carbocycles. The van der Waals surface area contributed by atoms with Crippen molar-refractivity contribution in [3.63, 3.8) is 0 Å². The molecule has 0 radical (unpaired) electrons.